The number of hydrogen-bond donors (Lipinski definition) is 0. The highest BCUT2D eigenvalue weighted by molar-refractivity contribution is 5.73. The summed E-state index contributed by atoms with van der Waals surface area (Å²) in [7, 11) is 0. The molecule has 2 rings (SSSR count). The van der Waals surface area contributed by atoms with E-state index < -0.39 is 11.7 Å². The highest BCUT2D eigenvalue weighted by Crippen LogP contribution is 2.22. The van der Waals surface area contributed by atoms with Crippen molar-refractivity contribution in [3.8, 4) is 5.88 Å². The lowest BCUT2D eigenvalue weighted by Gasteiger charge is -2.34. The Bertz CT molecular complexity index is 494. The summed E-state index contributed by atoms with van der Waals surface area (Å²) in [5, 5.41) is 0. The minimum Gasteiger partial charge on any atom is -0.475 e. The van der Waals surface area contributed by atoms with Gasteiger partial charge in [0.25, 0.3) is 0 Å². The van der Waals surface area contributed by atoms with E-state index in [1.807, 2.05) is 32.9 Å². The van der Waals surface area contributed by atoms with Gasteiger partial charge >= 0.3 is 6.09 Å². The van der Waals surface area contributed by atoms with E-state index in [1.54, 1.807) is 6.20 Å². The van der Waals surface area contributed by atoms with Crippen molar-refractivity contribution in [3.05, 3.63) is 18.3 Å². The Morgan fingerprint density at radius 3 is 2.45 bits per heavy atom. The molecule has 0 N–H and O–H groups in total. The van der Waals surface area contributed by atoms with Crippen LogP contribution in [0.5, 0.6) is 5.88 Å². The van der Waals surface area contributed by atoms with Crippen molar-refractivity contribution in [2.24, 2.45) is 0 Å². The van der Waals surface area contributed by atoms with E-state index in [-0.39, 0.29) is 6.10 Å². The maximum absolute atomic E-state index is 12.2. The Morgan fingerprint density at radius 2 is 1.91 bits per heavy atom. The van der Waals surface area contributed by atoms with Gasteiger partial charge in [-0.15, -0.1) is 0 Å². The Hall–Kier alpha value is -1.49. The van der Waals surface area contributed by atoms with Crippen LogP contribution in [0.25, 0.3) is 0 Å². The van der Waals surface area contributed by atoms with Gasteiger partial charge in [-0.1, -0.05) is 0 Å². The molecule has 5 heteroatoms. The third-order valence-electron chi connectivity index (χ3n) is 3.80. The van der Waals surface area contributed by atoms with Crippen LogP contribution in [0.2, 0.25) is 0 Å². The van der Waals surface area contributed by atoms with E-state index in [0.29, 0.717) is 11.9 Å². The first kappa shape index (κ1) is 16.9. The van der Waals surface area contributed by atoms with E-state index in [2.05, 4.69) is 18.7 Å². The zero-order valence-corrected chi connectivity index (χ0v) is 14.3. The summed E-state index contributed by atoms with van der Waals surface area (Å²) in [4.78, 5) is 14.6. The predicted octanol–water partition coefficient (Wildman–Crippen LogP) is 3.52. The summed E-state index contributed by atoms with van der Waals surface area (Å²) in [5.41, 5.74) is -0.513. The molecule has 0 aliphatic carbocycles. The van der Waals surface area contributed by atoms with Gasteiger partial charge in [0.1, 0.15) is 11.7 Å². The second kappa shape index (κ2) is 6.73. The second-order valence-corrected chi connectivity index (χ2v) is 7.14. The predicted molar refractivity (Wildman–Crippen MR) is 86.4 cm³/mol. The normalized spacial score (nSPS) is 17.7. The maximum Gasteiger partial charge on any atom is 0.421 e. The van der Waals surface area contributed by atoms with Crippen molar-refractivity contribution >= 4 is 6.09 Å². The van der Waals surface area contributed by atoms with Crippen LogP contribution in [0, 0.1) is 0 Å². The Kier molecular flexibility index (Phi) is 5.16. The number of carbonyl (C=O) groups excluding carboxylic acids is 1. The molecule has 1 saturated heterocycles. The first-order valence-corrected chi connectivity index (χ1v) is 8.07. The van der Waals surface area contributed by atoms with Crippen LogP contribution in [-0.2, 0) is 4.74 Å². The number of piperidine rings is 1. The smallest absolute Gasteiger partial charge is 0.421 e. The van der Waals surface area contributed by atoms with Crippen molar-refractivity contribution in [2.45, 2.75) is 65.2 Å². The molecule has 0 radical (unpaired) electrons. The molecule has 1 fully saturated rings. The van der Waals surface area contributed by atoms with E-state index in [4.69, 9.17) is 9.47 Å². The van der Waals surface area contributed by atoms with Gasteiger partial charge in [-0.05, 0) is 53.5 Å². The first-order valence-electron chi connectivity index (χ1n) is 8.07. The van der Waals surface area contributed by atoms with Gasteiger partial charge in [0, 0.05) is 31.4 Å². The van der Waals surface area contributed by atoms with Crippen molar-refractivity contribution in [1.29, 1.82) is 0 Å². The van der Waals surface area contributed by atoms with Gasteiger partial charge in [0.05, 0.1) is 0 Å². The number of hydrogen-bond acceptors (Lipinski definition) is 4. The molecule has 0 atom stereocenters. The largest absolute Gasteiger partial charge is 0.475 e. The molecule has 5 nitrogen and oxygen atoms in total. The summed E-state index contributed by atoms with van der Waals surface area (Å²) in [5.74, 6) is 0.567. The topological polar surface area (TPSA) is 43.7 Å². The fourth-order valence-corrected chi connectivity index (χ4v) is 2.60. The number of aromatic nitrogens is 1. The molecule has 1 aromatic heterocycles. The minimum absolute atomic E-state index is 0.158. The van der Waals surface area contributed by atoms with Crippen molar-refractivity contribution < 1.29 is 14.3 Å². The Balaban J connectivity index is 1.95. The fraction of sp³-hybridized carbons (Fsp3) is 0.706. The van der Waals surface area contributed by atoms with Crippen LogP contribution in [-0.4, -0.2) is 46.4 Å². The van der Waals surface area contributed by atoms with E-state index in [0.717, 1.165) is 25.9 Å². The van der Waals surface area contributed by atoms with Crippen LogP contribution in [0.15, 0.2) is 18.3 Å². The number of carbonyl (C=O) groups is 1. The Labute approximate surface area is 133 Å². The van der Waals surface area contributed by atoms with Gasteiger partial charge in [0.2, 0.25) is 5.88 Å². The zero-order chi connectivity index (χ0) is 16.3. The monoisotopic (exact) mass is 308 g/mol. The molecule has 0 aromatic carbocycles. The van der Waals surface area contributed by atoms with Crippen LogP contribution in [0.4, 0.5) is 4.79 Å². The summed E-state index contributed by atoms with van der Waals surface area (Å²) < 4.78 is 12.9. The summed E-state index contributed by atoms with van der Waals surface area (Å²) in [6.07, 6.45) is 3.42. The third-order valence-corrected chi connectivity index (χ3v) is 3.80. The number of rotatable bonds is 3. The van der Waals surface area contributed by atoms with Crippen LogP contribution in [0.1, 0.15) is 47.5 Å². The average Bonchev–Trinajstić information content (AvgIpc) is 2.85. The highest BCUT2D eigenvalue weighted by Gasteiger charge is 2.25. The molecule has 1 aliphatic heterocycles. The quantitative estimate of drug-likeness (QED) is 0.857. The first-order chi connectivity index (χ1) is 10.3. The molecular weight excluding hydrogens is 280 g/mol. The van der Waals surface area contributed by atoms with Gasteiger partial charge in [-0.3, -0.25) is 0 Å². The molecule has 1 aromatic rings. The van der Waals surface area contributed by atoms with Crippen molar-refractivity contribution in [3.63, 3.8) is 0 Å². The molecule has 2 heterocycles. The van der Waals surface area contributed by atoms with Crippen LogP contribution in [0.3, 0.4) is 0 Å². The lowest BCUT2D eigenvalue weighted by atomic mass is 10.1. The van der Waals surface area contributed by atoms with Crippen molar-refractivity contribution in [1.82, 2.24) is 9.47 Å². The fourth-order valence-electron chi connectivity index (χ4n) is 2.60. The molecule has 22 heavy (non-hydrogen) atoms. The lowest BCUT2D eigenvalue weighted by molar-refractivity contribution is 0.0476. The van der Waals surface area contributed by atoms with Crippen LogP contribution >= 0.6 is 0 Å². The van der Waals surface area contributed by atoms with Crippen LogP contribution < -0.4 is 4.74 Å². The number of nitrogens with zero attached hydrogens (tertiary/aromatic N) is 2. The molecule has 0 saturated carbocycles. The maximum atomic E-state index is 12.2. The average molecular weight is 308 g/mol. The Morgan fingerprint density at radius 1 is 1.27 bits per heavy atom. The number of likely N-dealkylation sites (tertiary alicyclic amines) is 1. The summed E-state index contributed by atoms with van der Waals surface area (Å²) in [6, 6.07) is 4.20. The molecular formula is C17H28N2O3. The third kappa shape index (κ3) is 4.50. The van der Waals surface area contributed by atoms with Gasteiger partial charge in [-0.25, -0.2) is 9.36 Å². The molecule has 0 bridgehead atoms. The zero-order valence-electron chi connectivity index (χ0n) is 14.3. The van der Waals surface area contributed by atoms with Crippen molar-refractivity contribution in [2.75, 3.05) is 13.1 Å². The molecule has 124 valence electrons. The standard InChI is InChI=1S/C17H28N2O3/c1-13(2)18-11-8-14(9-12-18)21-15-7-6-10-19(15)16(20)22-17(3,4)5/h6-7,10,13-14H,8-9,11-12H2,1-5H3. The minimum atomic E-state index is -0.513. The number of ether oxygens (including phenoxy) is 2. The lowest BCUT2D eigenvalue weighted by Crippen LogP contribution is -2.42. The van der Waals surface area contributed by atoms with E-state index in [1.165, 1.54) is 4.57 Å². The van der Waals surface area contributed by atoms with Gasteiger partial charge in [0.15, 0.2) is 0 Å². The molecule has 0 unspecified atom stereocenters. The van der Waals surface area contributed by atoms with Gasteiger partial charge in [-0.2, -0.15) is 0 Å². The van der Waals surface area contributed by atoms with E-state index in [9.17, 15) is 4.79 Å². The van der Waals surface area contributed by atoms with Gasteiger partial charge < -0.3 is 14.4 Å². The molecule has 0 spiro atoms. The summed E-state index contributed by atoms with van der Waals surface area (Å²) in [6.45, 7) is 12.1. The molecule has 0 amide bonds. The second-order valence-electron chi connectivity index (χ2n) is 7.14. The van der Waals surface area contributed by atoms with E-state index >= 15 is 0 Å². The summed E-state index contributed by atoms with van der Waals surface area (Å²) >= 11 is 0. The highest BCUT2D eigenvalue weighted by atomic mass is 16.6. The SMILES string of the molecule is CC(C)N1CCC(Oc2cccn2C(=O)OC(C)(C)C)CC1. The molecule has 1 aliphatic rings.